The van der Waals surface area contributed by atoms with Gasteiger partial charge in [0.1, 0.15) is 23.3 Å². The lowest BCUT2D eigenvalue weighted by Crippen LogP contribution is -2.12. The number of pyridine rings is 4. The number of aromatic nitrogens is 4. The van der Waals surface area contributed by atoms with Crippen LogP contribution in [0.2, 0.25) is 0 Å². The lowest BCUT2D eigenvalue weighted by Gasteiger charge is -2.22. The summed E-state index contributed by atoms with van der Waals surface area (Å²) in [7, 11) is 0. The minimum atomic E-state index is 0.812. The molecule has 0 fully saturated rings. The highest BCUT2D eigenvalue weighted by molar-refractivity contribution is 6.21. The molecule has 0 aliphatic rings. The minimum absolute atomic E-state index is 0.812. The molecule has 0 radical (unpaired) electrons. The normalized spacial score (nSPS) is 11.4. The fourth-order valence-electron chi connectivity index (χ4n) is 8.82. The summed E-state index contributed by atoms with van der Waals surface area (Å²) in [5.41, 5.74) is 11.2. The smallest absolute Gasteiger partial charge is 0.138 e. The highest BCUT2D eigenvalue weighted by Gasteiger charge is 2.19. The van der Waals surface area contributed by atoms with E-state index in [-0.39, 0.29) is 0 Å². The summed E-state index contributed by atoms with van der Waals surface area (Å²) in [5, 5.41) is 4.94. The van der Waals surface area contributed by atoms with Crippen LogP contribution in [0.3, 0.4) is 0 Å². The first-order chi connectivity index (χ1) is 33.7. The second kappa shape index (κ2) is 19.1. The number of nitrogens with zero attached hydrogens (tertiary/aromatic N) is 6. The molecule has 0 aliphatic heterocycles. The van der Waals surface area contributed by atoms with Gasteiger partial charge in [-0.2, -0.15) is 0 Å². The van der Waals surface area contributed by atoms with Crippen LogP contribution in [0.1, 0.15) is 22.3 Å². The zero-order chi connectivity index (χ0) is 45.5. The maximum atomic E-state index is 4.62. The topological polar surface area (TPSA) is 58.0 Å². The van der Waals surface area contributed by atoms with E-state index in [9.17, 15) is 0 Å². The predicted molar refractivity (Wildman–Crippen MR) is 284 cm³/mol. The van der Waals surface area contributed by atoms with Crippen molar-refractivity contribution in [2.45, 2.75) is 0 Å². The van der Waals surface area contributed by atoms with Gasteiger partial charge in [-0.1, -0.05) is 170 Å². The van der Waals surface area contributed by atoms with Gasteiger partial charge >= 0.3 is 0 Å². The Balaban J connectivity index is 0.869. The van der Waals surface area contributed by atoms with Crippen molar-refractivity contribution in [3.63, 3.8) is 0 Å². The van der Waals surface area contributed by atoms with E-state index >= 15 is 0 Å². The molecule has 6 nitrogen and oxygen atoms in total. The Labute approximate surface area is 396 Å². The van der Waals surface area contributed by atoms with Gasteiger partial charge in [-0.15, -0.1) is 0 Å². The quantitative estimate of drug-likeness (QED) is 0.0900. The van der Waals surface area contributed by atoms with Crippen LogP contribution >= 0.6 is 0 Å². The SMILES string of the molecule is C(=C\c1ccc(N(c2ccccn2)c2ccccn2)cc1)/c1ccc(-c2c(-c3ccc(/C=C/c4ccc(N(c5ccccn5)c5ccccn5)cc4)cc3)c3ccccc3c3ccccc23)cc1. The summed E-state index contributed by atoms with van der Waals surface area (Å²) in [6.07, 6.45) is 15.9. The molecule has 4 aromatic heterocycles. The minimum Gasteiger partial charge on any atom is -0.279 e. The number of benzene rings is 7. The Kier molecular flexibility index (Phi) is 11.6. The Morgan fingerprint density at radius 1 is 0.250 bits per heavy atom. The second-order valence-electron chi connectivity index (χ2n) is 16.4. The number of anilines is 6. The molecule has 6 heteroatoms. The zero-order valence-electron chi connectivity index (χ0n) is 37.1. The maximum absolute atomic E-state index is 4.62. The Hall–Kier alpha value is -9.26. The van der Waals surface area contributed by atoms with Gasteiger partial charge in [0.15, 0.2) is 0 Å². The third-order valence-electron chi connectivity index (χ3n) is 12.1. The van der Waals surface area contributed by atoms with E-state index in [0.717, 1.165) is 56.9 Å². The molecule has 11 aromatic rings. The monoisotopic (exact) mass is 872 g/mol. The standard InChI is InChI=1S/C62H44N6/c1-3-15-55-53(13-1)54-14-2-4-16-56(54)62(50-35-27-46(28-36-50)22-24-48-31-39-52(40-32-48)68(59-19-7-11-43-65-59)60-20-8-12-44-66-60)61(55)49-33-25-45(26-34-49)21-23-47-29-37-51(38-30-47)67(57-17-5-9-41-63-57)58-18-6-10-42-64-58/h1-44H/b23-21+,24-22+. The molecule has 0 atom stereocenters. The van der Waals surface area contributed by atoms with Crippen LogP contribution in [-0.4, -0.2) is 19.9 Å². The second-order valence-corrected chi connectivity index (χ2v) is 16.4. The van der Waals surface area contributed by atoms with Crippen LogP contribution < -0.4 is 9.80 Å². The number of fused-ring (bicyclic) bond motifs is 3. The highest BCUT2D eigenvalue weighted by atomic mass is 15.2. The Morgan fingerprint density at radius 2 is 0.515 bits per heavy atom. The highest BCUT2D eigenvalue weighted by Crippen LogP contribution is 2.45. The summed E-state index contributed by atoms with van der Waals surface area (Å²) in [5.74, 6) is 3.25. The average molecular weight is 873 g/mol. The van der Waals surface area contributed by atoms with E-state index in [1.165, 1.54) is 43.8 Å². The molecule has 0 bridgehead atoms. The van der Waals surface area contributed by atoms with E-state index in [1.807, 2.05) is 72.8 Å². The van der Waals surface area contributed by atoms with Crippen LogP contribution in [0.4, 0.5) is 34.6 Å². The van der Waals surface area contributed by atoms with Gasteiger partial charge in [0.05, 0.1) is 0 Å². The van der Waals surface area contributed by atoms with Crippen molar-refractivity contribution in [1.29, 1.82) is 0 Å². The van der Waals surface area contributed by atoms with Gasteiger partial charge in [0.2, 0.25) is 0 Å². The van der Waals surface area contributed by atoms with Gasteiger partial charge in [-0.05, 0) is 139 Å². The van der Waals surface area contributed by atoms with Crippen molar-refractivity contribution in [2.75, 3.05) is 9.80 Å². The van der Waals surface area contributed by atoms with E-state index in [4.69, 9.17) is 0 Å². The molecule has 0 spiro atoms. The molecule has 0 unspecified atom stereocenters. The molecule has 0 amide bonds. The predicted octanol–water partition coefficient (Wildman–Crippen LogP) is 16.2. The van der Waals surface area contributed by atoms with Crippen molar-refractivity contribution in [3.8, 4) is 22.3 Å². The fraction of sp³-hybridized carbons (Fsp3) is 0. The van der Waals surface area contributed by atoms with E-state index < -0.39 is 0 Å². The number of hydrogen-bond acceptors (Lipinski definition) is 6. The lowest BCUT2D eigenvalue weighted by atomic mass is 9.84. The summed E-state index contributed by atoms with van der Waals surface area (Å²) < 4.78 is 0. The molecule has 68 heavy (non-hydrogen) atoms. The van der Waals surface area contributed by atoms with Gasteiger partial charge in [-0.3, -0.25) is 9.80 Å². The van der Waals surface area contributed by atoms with Crippen LogP contribution in [0.15, 0.2) is 243 Å². The van der Waals surface area contributed by atoms with Crippen LogP contribution in [0.25, 0.3) is 68.1 Å². The van der Waals surface area contributed by atoms with Crippen LogP contribution in [-0.2, 0) is 0 Å². The fourth-order valence-corrected chi connectivity index (χ4v) is 8.82. The molecular formula is C62H44N6. The van der Waals surface area contributed by atoms with Gasteiger partial charge in [-0.25, -0.2) is 19.9 Å². The largest absolute Gasteiger partial charge is 0.279 e. The maximum Gasteiger partial charge on any atom is 0.138 e. The van der Waals surface area contributed by atoms with E-state index in [0.29, 0.717) is 0 Å². The first-order valence-electron chi connectivity index (χ1n) is 22.7. The van der Waals surface area contributed by atoms with Crippen molar-refractivity contribution in [3.05, 3.63) is 265 Å². The van der Waals surface area contributed by atoms with Crippen molar-refractivity contribution < 1.29 is 0 Å². The summed E-state index contributed by atoms with van der Waals surface area (Å²) in [4.78, 5) is 22.6. The Bertz CT molecular complexity index is 3190. The molecule has 0 saturated heterocycles. The molecule has 0 aliphatic carbocycles. The van der Waals surface area contributed by atoms with Crippen molar-refractivity contribution in [1.82, 2.24) is 19.9 Å². The molecule has 322 valence electrons. The molecule has 11 rings (SSSR count). The van der Waals surface area contributed by atoms with Gasteiger partial charge < -0.3 is 0 Å². The average Bonchev–Trinajstić information content (AvgIpc) is 3.42. The molecule has 0 N–H and O–H groups in total. The van der Waals surface area contributed by atoms with Crippen molar-refractivity contribution in [2.24, 2.45) is 0 Å². The first kappa shape index (κ1) is 41.4. The van der Waals surface area contributed by atoms with Crippen LogP contribution in [0, 0.1) is 0 Å². The van der Waals surface area contributed by atoms with E-state index in [2.05, 4.69) is 200 Å². The molecule has 4 heterocycles. The summed E-state index contributed by atoms with van der Waals surface area (Å²) in [6, 6.07) is 76.1. The van der Waals surface area contributed by atoms with Crippen LogP contribution in [0.5, 0.6) is 0 Å². The lowest BCUT2D eigenvalue weighted by molar-refractivity contribution is 1.12. The van der Waals surface area contributed by atoms with Gasteiger partial charge in [0, 0.05) is 36.2 Å². The number of hydrogen-bond donors (Lipinski definition) is 0. The molecular weight excluding hydrogens is 829 g/mol. The van der Waals surface area contributed by atoms with E-state index in [1.54, 1.807) is 24.8 Å². The number of rotatable bonds is 12. The Morgan fingerprint density at radius 3 is 0.794 bits per heavy atom. The van der Waals surface area contributed by atoms with Crippen molar-refractivity contribution >= 4 is 80.5 Å². The zero-order valence-corrected chi connectivity index (χ0v) is 37.1. The summed E-state index contributed by atoms with van der Waals surface area (Å²) >= 11 is 0. The summed E-state index contributed by atoms with van der Waals surface area (Å²) in [6.45, 7) is 0. The third-order valence-corrected chi connectivity index (χ3v) is 12.1. The molecule has 0 saturated carbocycles. The van der Waals surface area contributed by atoms with Gasteiger partial charge in [0.25, 0.3) is 0 Å². The first-order valence-corrected chi connectivity index (χ1v) is 22.7. The third kappa shape index (κ3) is 8.65. The molecule has 7 aromatic carbocycles.